The Morgan fingerprint density at radius 2 is 1.90 bits per heavy atom. The number of hydrogen-bond donors (Lipinski definition) is 1. The van der Waals surface area contributed by atoms with Crippen molar-refractivity contribution < 1.29 is 13.9 Å². The third-order valence-electron chi connectivity index (χ3n) is 2.71. The van der Waals surface area contributed by atoms with Crippen LogP contribution in [0.4, 0.5) is 4.39 Å². The number of nitrogens with one attached hydrogen (secondary N) is 1. The molecule has 0 radical (unpaired) electrons. The van der Waals surface area contributed by atoms with E-state index < -0.39 is 6.10 Å². The van der Waals surface area contributed by atoms with Gasteiger partial charge >= 0.3 is 0 Å². The van der Waals surface area contributed by atoms with Gasteiger partial charge in [0.2, 0.25) is 0 Å². The number of nitrogens with zero attached hydrogens (tertiary/aromatic N) is 1. The van der Waals surface area contributed by atoms with Crippen molar-refractivity contribution in [2.45, 2.75) is 19.6 Å². The van der Waals surface area contributed by atoms with Gasteiger partial charge in [0.25, 0.3) is 5.91 Å². The fraction of sp³-hybridized carbons (Fsp3) is 0.200. The molecule has 1 aromatic heterocycles. The van der Waals surface area contributed by atoms with E-state index in [9.17, 15) is 9.18 Å². The first kappa shape index (κ1) is 14.0. The number of benzene rings is 1. The summed E-state index contributed by atoms with van der Waals surface area (Å²) in [7, 11) is 0. The molecule has 0 unspecified atom stereocenters. The number of ether oxygens (including phenoxy) is 1. The summed E-state index contributed by atoms with van der Waals surface area (Å²) in [4.78, 5) is 15.8. The van der Waals surface area contributed by atoms with Crippen molar-refractivity contribution in [3.05, 3.63) is 60.2 Å². The molecule has 2 rings (SSSR count). The maximum Gasteiger partial charge on any atom is 0.261 e. The predicted molar refractivity (Wildman–Crippen MR) is 72.6 cm³/mol. The van der Waals surface area contributed by atoms with Crippen LogP contribution < -0.4 is 10.1 Å². The van der Waals surface area contributed by atoms with Crippen LogP contribution in [0.15, 0.2) is 48.8 Å². The highest BCUT2D eigenvalue weighted by molar-refractivity contribution is 5.80. The number of pyridine rings is 1. The highest BCUT2D eigenvalue weighted by Crippen LogP contribution is 2.13. The van der Waals surface area contributed by atoms with Gasteiger partial charge in [0.05, 0.1) is 0 Å². The largest absolute Gasteiger partial charge is 0.481 e. The number of halogens is 1. The molecular formula is C15H15FN2O2. The Labute approximate surface area is 116 Å². The van der Waals surface area contributed by atoms with Crippen LogP contribution in [-0.4, -0.2) is 17.0 Å². The van der Waals surface area contributed by atoms with Crippen LogP contribution in [0.3, 0.4) is 0 Å². The van der Waals surface area contributed by atoms with Gasteiger partial charge in [0.1, 0.15) is 11.6 Å². The molecule has 1 amide bonds. The second kappa shape index (κ2) is 6.65. The highest BCUT2D eigenvalue weighted by Gasteiger charge is 2.14. The van der Waals surface area contributed by atoms with Gasteiger partial charge in [-0.1, -0.05) is 0 Å². The molecule has 0 aliphatic rings. The molecule has 1 atom stereocenters. The number of amides is 1. The van der Waals surface area contributed by atoms with E-state index >= 15 is 0 Å². The molecule has 4 nitrogen and oxygen atoms in total. The van der Waals surface area contributed by atoms with E-state index in [1.807, 2.05) is 12.1 Å². The van der Waals surface area contributed by atoms with Crippen molar-refractivity contribution in [2.75, 3.05) is 0 Å². The van der Waals surface area contributed by atoms with Crippen LogP contribution in [0.1, 0.15) is 12.5 Å². The summed E-state index contributed by atoms with van der Waals surface area (Å²) in [5.74, 6) is -0.115. The summed E-state index contributed by atoms with van der Waals surface area (Å²) in [6.45, 7) is 2.06. The van der Waals surface area contributed by atoms with Crippen molar-refractivity contribution in [3.8, 4) is 5.75 Å². The van der Waals surface area contributed by atoms with Crippen molar-refractivity contribution in [1.29, 1.82) is 0 Å². The van der Waals surface area contributed by atoms with Gasteiger partial charge in [0, 0.05) is 18.9 Å². The van der Waals surface area contributed by atoms with Crippen molar-refractivity contribution >= 4 is 5.91 Å². The zero-order chi connectivity index (χ0) is 14.4. The molecule has 0 aliphatic carbocycles. The average Bonchev–Trinajstić information content (AvgIpc) is 2.48. The molecule has 1 aromatic carbocycles. The normalized spacial score (nSPS) is 11.7. The fourth-order valence-corrected chi connectivity index (χ4v) is 1.60. The summed E-state index contributed by atoms with van der Waals surface area (Å²) in [6, 6.07) is 9.20. The van der Waals surface area contributed by atoms with Crippen LogP contribution in [0.2, 0.25) is 0 Å². The van der Waals surface area contributed by atoms with Crippen molar-refractivity contribution in [2.24, 2.45) is 0 Å². The SMILES string of the molecule is C[C@@H](Oc1ccc(F)cc1)C(=O)NCc1ccncc1. The predicted octanol–water partition coefficient (Wildman–Crippen LogP) is 2.30. The topological polar surface area (TPSA) is 51.2 Å². The Kier molecular flexibility index (Phi) is 4.65. The van der Waals surface area contributed by atoms with E-state index in [2.05, 4.69) is 10.3 Å². The number of carbonyl (C=O) groups excluding carboxylic acids is 1. The van der Waals surface area contributed by atoms with Crippen LogP contribution in [0.5, 0.6) is 5.75 Å². The van der Waals surface area contributed by atoms with Crippen LogP contribution in [0.25, 0.3) is 0 Å². The third kappa shape index (κ3) is 4.05. The number of hydrogen-bond acceptors (Lipinski definition) is 3. The molecule has 1 N–H and O–H groups in total. The Bertz CT molecular complexity index is 558. The highest BCUT2D eigenvalue weighted by atomic mass is 19.1. The summed E-state index contributed by atoms with van der Waals surface area (Å²) >= 11 is 0. The first-order valence-corrected chi connectivity index (χ1v) is 6.24. The van der Waals surface area contributed by atoms with Crippen LogP contribution in [-0.2, 0) is 11.3 Å². The molecule has 0 aliphatic heterocycles. The third-order valence-corrected chi connectivity index (χ3v) is 2.71. The van der Waals surface area contributed by atoms with Gasteiger partial charge in [-0.25, -0.2) is 4.39 Å². The molecular weight excluding hydrogens is 259 g/mol. The van der Waals surface area contributed by atoms with Gasteiger partial charge in [-0.2, -0.15) is 0 Å². The molecule has 5 heteroatoms. The molecule has 0 bridgehead atoms. The van der Waals surface area contributed by atoms with Crippen LogP contribution in [0, 0.1) is 5.82 Å². The molecule has 2 aromatic rings. The minimum Gasteiger partial charge on any atom is -0.481 e. The lowest BCUT2D eigenvalue weighted by atomic mass is 10.2. The summed E-state index contributed by atoms with van der Waals surface area (Å²) < 4.78 is 18.2. The quantitative estimate of drug-likeness (QED) is 0.910. The molecule has 0 saturated heterocycles. The van der Waals surface area contributed by atoms with Gasteiger partial charge in [0.15, 0.2) is 6.10 Å². The van der Waals surface area contributed by atoms with Gasteiger partial charge in [-0.15, -0.1) is 0 Å². The minimum absolute atomic E-state index is 0.230. The average molecular weight is 274 g/mol. The molecule has 0 fully saturated rings. The van der Waals surface area contributed by atoms with Crippen molar-refractivity contribution in [1.82, 2.24) is 10.3 Å². The zero-order valence-electron chi connectivity index (χ0n) is 11.0. The van der Waals surface area contributed by atoms with E-state index in [-0.39, 0.29) is 11.7 Å². The Balaban J connectivity index is 1.84. The Hall–Kier alpha value is -2.43. The number of carbonyl (C=O) groups is 1. The van der Waals surface area contributed by atoms with E-state index in [0.717, 1.165) is 5.56 Å². The molecule has 1 heterocycles. The maximum atomic E-state index is 12.8. The Morgan fingerprint density at radius 1 is 1.25 bits per heavy atom. The van der Waals surface area contributed by atoms with Crippen molar-refractivity contribution in [3.63, 3.8) is 0 Å². The second-order valence-corrected chi connectivity index (χ2v) is 4.29. The second-order valence-electron chi connectivity index (χ2n) is 4.29. The van der Waals surface area contributed by atoms with Gasteiger partial charge in [-0.3, -0.25) is 9.78 Å². The lowest BCUT2D eigenvalue weighted by Gasteiger charge is -2.14. The number of aromatic nitrogens is 1. The fourth-order valence-electron chi connectivity index (χ4n) is 1.60. The first-order chi connectivity index (χ1) is 9.65. The van der Waals surface area contributed by atoms with E-state index in [0.29, 0.717) is 12.3 Å². The summed E-state index contributed by atoms with van der Waals surface area (Å²) in [5, 5.41) is 2.76. The lowest BCUT2D eigenvalue weighted by molar-refractivity contribution is -0.127. The van der Waals surface area contributed by atoms with Gasteiger partial charge in [-0.05, 0) is 48.9 Å². The molecule has 104 valence electrons. The molecule has 0 saturated carbocycles. The standard InChI is InChI=1S/C15H15FN2O2/c1-11(20-14-4-2-13(16)3-5-14)15(19)18-10-12-6-8-17-9-7-12/h2-9,11H,10H2,1H3,(H,18,19)/t11-/m1/s1. The number of rotatable bonds is 5. The summed E-state index contributed by atoms with van der Waals surface area (Å²) in [5.41, 5.74) is 0.960. The molecule has 0 spiro atoms. The smallest absolute Gasteiger partial charge is 0.261 e. The lowest BCUT2D eigenvalue weighted by Crippen LogP contribution is -2.35. The monoisotopic (exact) mass is 274 g/mol. The maximum absolute atomic E-state index is 12.8. The zero-order valence-corrected chi connectivity index (χ0v) is 11.0. The van der Waals surface area contributed by atoms with E-state index in [4.69, 9.17) is 4.74 Å². The summed E-state index contributed by atoms with van der Waals surface area (Å²) in [6.07, 6.45) is 2.68. The van der Waals surface area contributed by atoms with Crippen LogP contribution >= 0.6 is 0 Å². The minimum atomic E-state index is -0.651. The van der Waals surface area contributed by atoms with Gasteiger partial charge < -0.3 is 10.1 Å². The van der Waals surface area contributed by atoms with E-state index in [1.54, 1.807) is 19.3 Å². The first-order valence-electron chi connectivity index (χ1n) is 6.24. The Morgan fingerprint density at radius 3 is 2.55 bits per heavy atom. The van der Waals surface area contributed by atoms with E-state index in [1.165, 1.54) is 24.3 Å². The molecule has 20 heavy (non-hydrogen) atoms.